The van der Waals surface area contributed by atoms with E-state index >= 15 is 0 Å². The Bertz CT molecular complexity index is 874. The molecule has 2 amide bonds. The number of hydrogen-bond donors (Lipinski definition) is 2. The number of rotatable bonds is 4. The van der Waals surface area contributed by atoms with Crippen molar-refractivity contribution in [1.82, 2.24) is 20.1 Å². The first-order chi connectivity index (χ1) is 13.5. The number of likely N-dealkylation sites (tertiary alicyclic amines) is 1. The van der Waals surface area contributed by atoms with Crippen molar-refractivity contribution in [2.24, 2.45) is 5.92 Å². The van der Waals surface area contributed by atoms with E-state index in [0.717, 1.165) is 37.8 Å². The van der Waals surface area contributed by atoms with Crippen molar-refractivity contribution in [2.45, 2.75) is 44.6 Å². The number of H-pyrrole nitrogens is 1. The summed E-state index contributed by atoms with van der Waals surface area (Å²) in [4.78, 5) is 30.7. The van der Waals surface area contributed by atoms with E-state index in [1.165, 1.54) is 12.5 Å². The van der Waals surface area contributed by atoms with E-state index in [2.05, 4.69) is 20.5 Å². The summed E-state index contributed by atoms with van der Waals surface area (Å²) in [5, 5.41) is 8.79. The Balaban J connectivity index is 1.42. The molecule has 4 rings (SSSR count). The zero-order chi connectivity index (χ0) is 19.7. The first-order valence-electron chi connectivity index (χ1n) is 9.50. The molecular formula is C19H21F2N5O2. The molecule has 2 aliphatic rings. The summed E-state index contributed by atoms with van der Waals surface area (Å²) in [6.45, 7) is 0.383. The van der Waals surface area contributed by atoms with Gasteiger partial charge in [-0.3, -0.25) is 20.0 Å². The highest BCUT2D eigenvalue weighted by Crippen LogP contribution is 2.29. The number of nitrogens with zero attached hydrogens (tertiary/aromatic N) is 3. The second kappa shape index (κ2) is 7.65. The van der Waals surface area contributed by atoms with E-state index in [-0.39, 0.29) is 41.6 Å². The van der Waals surface area contributed by atoms with Gasteiger partial charge in [0.05, 0.1) is 11.5 Å². The van der Waals surface area contributed by atoms with Gasteiger partial charge in [0.25, 0.3) is 0 Å². The molecule has 1 saturated carbocycles. The Labute approximate surface area is 160 Å². The fraction of sp³-hybridized carbons (Fsp3) is 0.474. The van der Waals surface area contributed by atoms with Crippen LogP contribution < -0.4 is 5.32 Å². The van der Waals surface area contributed by atoms with Crippen molar-refractivity contribution in [3.8, 4) is 11.4 Å². The van der Waals surface area contributed by atoms with Gasteiger partial charge in [-0.15, -0.1) is 5.10 Å². The summed E-state index contributed by atoms with van der Waals surface area (Å²) in [7, 11) is 0. The van der Waals surface area contributed by atoms with Gasteiger partial charge in [-0.25, -0.2) is 8.78 Å². The normalized spacial score (nSPS) is 20.6. The molecule has 1 atom stereocenters. The van der Waals surface area contributed by atoms with Crippen LogP contribution in [0.5, 0.6) is 0 Å². The number of benzene rings is 1. The lowest BCUT2D eigenvalue weighted by molar-refractivity contribution is -0.130. The molecular weight excluding hydrogens is 368 g/mol. The van der Waals surface area contributed by atoms with Crippen LogP contribution in [0.4, 0.5) is 14.7 Å². The van der Waals surface area contributed by atoms with Crippen LogP contribution in [0.1, 0.15) is 38.5 Å². The average molecular weight is 389 g/mol. The smallest absolute Gasteiger partial charge is 0.249 e. The van der Waals surface area contributed by atoms with E-state index in [4.69, 9.17) is 0 Å². The van der Waals surface area contributed by atoms with Crippen molar-refractivity contribution >= 4 is 17.8 Å². The molecule has 2 fully saturated rings. The van der Waals surface area contributed by atoms with E-state index in [1.807, 2.05) is 4.90 Å². The molecule has 2 heterocycles. The summed E-state index contributed by atoms with van der Waals surface area (Å²) < 4.78 is 27.7. The Hall–Kier alpha value is -2.84. The molecule has 1 aliphatic carbocycles. The molecule has 0 radical (unpaired) electrons. The van der Waals surface area contributed by atoms with Gasteiger partial charge in [0, 0.05) is 19.0 Å². The summed E-state index contributed by atoms with van der Waals surface area (Å²) in [6.07, 6.45) is 5.53. The number of aromatic amines is 1. The molecule has 1 unspecified atom stereocenters. The van der Waals surface area contributed by atoms with Gasteiger partial charge in [0.1, 0.15) is 11.6 Å². The van der Waals surface area contributed by atoms with Crippen LogP contribution in [-0.4, -0.2) is 44.5 Å². The van der Waals surface area contributed by atoms with Gasteiger partial charge in [-0.2, -0.15) is 4.98 Å². The number of halogens is 2. The van der Waals surface area contributed by atoms with E-state index < -0.39 is 17.6 Å². The van der Waals surface area contributed by atoms with Crippen LogP contribution in [0, 0.1) is 17.6 Å². The van der Waals surface area contributed by atoms with Crippen LogP contribution >= 0.6 is 0 Å². The fourth-order valence-electron chi connectivity index (χ4n) is 4.02. The molecule has 0 bridgehead atoms. The maximum Gasteiger partial charge on any atom is 0.249 e. The SMILES string of the molecule is O=C(Nc1n[nH]c(-c2c(F)cccc2F)n1)C1CC(=O)N(C2CCCCC2)C1. The summed E-state index contributed by atoms with van der Waals surface area (Å²) in [5.74, 6) is -2.61. The first kappa shape index (κ1) is 18.5. The predicted octanol–water partition coefficient (Wildman–Crippen LogP) is 2.87. The van der Waals surface area contributed by atoms with Gasteiger partial charge >= 0.3 is 0 Å². The maximum absolute atomic E-state index is 13.9. The predicted molar refractivity (Wildman–Crippen MR) is 97.1 cm³/mol. The minimum absolute atomic E-state index is 0.00356. The Morgan fingerprint density at radius 3 is 2.61 bits per heavy atom. The molecule has 2 N–H and O–H groups in total. The molecule has 2 aromatic rings. The van der Waals surface area contributed by atoms with Gasteiger partial charge in [-0.1, -0.05) is 25.3 Å². The number of nitrogens with one attached hydrogen (secondary N) is 2. The number of amides is 2. The first-order valence-corrected chi connectivity index (χ1v) is 9.50. The third kappa shape index (κ3) is 3.61. The molecule has 7 nitrogen and oxygen atoms in total. The van der Waals surface area contributed by atoms with Crippen LogP contribution in [0.2, 0.25) is 0 Å². The van der Waals surface area contributed by atoms with Crippen molar-refractivity contribution in [2.75, 3.05) is 11.9 Å². The molecule has 9 heteroatoms. The summed E-state index contributed by atoms with van der Waals surface area (Å²) in [5.41, 5.74) is -0.338. The van der Waals surface area contributed by atoms with Crippen LogP contribution in [0.25, 0.3) is 11.4 Å². The van der Waals surface area contributed by atoms with Crippen LogP contribution in [0.3, 0.4) is 0 Å². The number of aromatic nitrogens is 3. The van der Waals surface area contributed by atoms with Crippen LogP contribution in [0.15, 0.2) is 18.2 Å². The van der Waals surface area contributed by atoms with Gasteiger partial charge in [0.2, 0.25) is 17.8 Å². The third-order valence-corrected chi connectivity index (χ3v) is 5.46. The lowest BCUT2D eigenvalue weighted by atomic mass is 9.94. The minimum Gasteiger partial charge on any atom is -0.339 e. The Morgan fingerprint density at radius 1 is 1.18 bits per heavy atom. The second-order valence-electron chi connectivity index (χ2n) is 7.33. The maximum atomic E-state index is 13.9. The highest BCUT2D eigenvalue weighted by molar-refractivity contribution is 5.96. The zero-order valence-corrected chi connectivity index (χ0v) is 15.3. The third-order valence-electron chi connectivity index (χ3n) is 5.46. The molecule has 1 saturated heterocycles. The summed E-state index contributed by atoms with van der Waals surface area (Å²) >= 11 is 0. The largest absolute Gasteiger partial charge is 0.339 e. The van der Waals surface area contributed by atoms with E-state index in [0.29, 0.717) is 6.54 Å². The highest BCUT2D eigenvalue weighted by Gasteiger charge is 2.38. The average Bonchev–Trinajstić information content (AvgIpc) is 3.29. The van der Waals surface area contributed by atoms with Crippen molar-refractivity contribution in [3.63, 3.8) is 0 Å². The Kier molecular flexibility index (Phi) is 5.06. The van der Waals surface area contributed by atoms with Gasteiger partial charge in [-0.05, 0) is 25.0 Å². The monoisotopic (exact) mass is 389 g/mol. The molecule has 1 aromatic carbocycles. The van der Waals surface area contributed by atoms with E-state index in [1.54, 1.807) is 0 Å². The minimum atomic E-state index is -0.779. The van der Waals surface area contributed by atoms with E-state index in [9.17, 15) is 18.4 Å². The van der Waals surface area contributed by atoms with Crippen molar-refractivity contribution in [3.05, 3.63) is 29.8 Å². The standard InChI is InChI=1S/C19H21F2N5O2/c20-13-7-4-8-14(21)16(13)17-22-19(25-24-17)23-18(28)11-9-15(27)26(10-11)12-5-2-1-3-6-12/h4,7-8,11-12H,1-3,5-6,9-10H2,(H2,22,23,24,25,28). The highest BCUT2D eigenvalue weighted by atomic mass is 19.1. The number of hydrogen-bond acceptors (Lipinski definition) is 4. The lowest BCUT2D eigenvalue weighted by Gasteiger charge is -2.31. The lowest BCUT2D eigenvalue weighted by Crippen LogP contribution is -2.38. The quantitative estimate of drug-likeness (QED) is 0.841. The fourth-order valence-corrected chi connectivity index (χ4v) is 4.02. The van der Waals surface area contributed by atoms with Crippen molar-refractivity contribution in [1.29, 1.82) is 0 Å². The molecule has 1 aromatic heterocycles. The zero-order valence-electron chi connectivity index (χ0n) is 15.3. The number of anilines is 1. The number of carbonyl (C=O) groups excluding carboxylic acids is 2. The molecule has 148 valence electrons. The molecule has 0 spiro atoms. The van der Waals surface area contributed by atoms with Gasteiger partial charge < -0.3 is 4.90 Å². The van der Waals surface area contributed by atoms with Crippen molar-refractivity contribution < 1.29 is 18.4 Å². The molecule has 28 heavy (non-hydrogen) atoms. The Morgan fingerprint density at radius 2 is 1.89 bits per heavy atom. The topological polar surface area (TPSA) is 91.0 Å². The van der Waals surface area contributed by atoms with Crippen LogP contribution in [-0.2, 0) is 9.59 Å². The second-order valence-corrected chi connectivity index (χ2v) is 7.33. The number of carbonyl (C=O) groups is 2. The molecule has 1 aliphatic heterocycles. The summed E-state index contributed by atoms with van der Waals surface area (Å²) in [6, 6.07) is 3.70. The van der Waals surface area contributed by atoms with Gasteiger partial charge in [0.15, 0.2) is 5.82 Å².